The summed E-state index contributed by atoms with van der Waals surface area (Å²) < 4.78 is 0. The molecule has 1 fully saturated rings. The van der Waals surface area contributed by atoms with E-state index in [1.165, 1.54) is 40.8 Å². The van der Waals surface area contributed by atoms with Gasteiger partial charge in [-0.05, 0) is 115 Å². The summed E-state index contributed by atoms with van der Waals surface area (Å²) in [5.74, 6) is -0.898. The normalized spacial score (nSPS) is 13.5. The molecule has 3 aromatic carbocycles. The third-order valence-corrected chi connectivity index (χ3v) is 7.43. The van der Waals surface area contributed by atoms with Gasteiger partial charge in [0.25, 0.3) is 0 Å². The highest BCUT2D eigenvalue weighted by Crippen LogP contribution is 2.38. The van der Waals surface area contributed by atoms with Crippen LogP contribution in [-0.4, -0.2) is 36.8 Å². The quantitative estimate of drug-likeness (QED) is 0.268. The second-order valence-corrected chi connectivity index (χ2v) is 11.2. The molecule has 37 heavy (non-hydrogen) atoms. The van der Waals surface area contributed by atoms with Crippen molar-refractivity contribution in [1.29, 1.82) is 0 Å². The van der Waals surface area contributed by atoms with E-state index in [-0.39, 0.29) is 5.41 Å². The largest absolute Gasteiger partial charge is 0.478 e. The van der Waals surface area contributed by atoms with E-state index in [0.29, 0.717) is 5.56 Å². The monoisotopic (exact) mass is 498 g/mol. The maximum absolute atomic E-state index is 11.3. The van der Waals surface area contributed by atoms with Crippen LogP contribution in [0.4, 0.5) is 5.69 Å². The molecule has 0 aliphatic heterocycles. The van der Waals surface area contributed by atoms with Crippen molar-refractivity contribution in [2.75, 3.05) is 24.5 Å². The number of carboxylic acid groups (broad SMARTS) is 1. The van der Waals surface area contributed by atoms with Gasteiger partial charge in [-0.2, -0.15) is 0 Å². The molecule has 196 valence electrons. The molecular weight excluding hydrogens is 456 g/mol. The van der Waals surface area contributed by atoms with Crippen LogP contribution in [0.25, 0.3) is 22.3 Å². The Bertz CT molecular complexity index is 1220. The number of hydrogen-bond donors (Lipinski definition) is 2. The number of nitrogens with zero attached hydrogens (tertiary/aromatic N) is 1. The molecule has 0 saturated heterocycles. The van der Waals surface area contributed by atoms with E-state index in [2.05, 4.69) is 81.2 Å². The van der Waals surface area contributed by atoms with Crippen LogP contribution in [0.1, 0.15) is 75.4 Å². The van der Waals surface area contributed by atoms with Crippen LogP contribution in [0.2, 0.25) is 0 Å². The summed E-state index contributed by atoms with van der Waals surface area (Å²) in [7, 11) is 0. The first-order valence-electron chi connectivity index (χ1n) is 13.8. The van der Waals surface area contributed by atoms with E-state index in [1.54, 1.807) is 12.1 Å². The van der Waals surface area contributed by atoms with Crippen LogP contribution in [0.15, 0.2) is 60.7 Å². The van der Waals surface area contributed by atoms with Crippen molar-refractivity contribution in [1.82, 2.24) is 5.32 Å². The first-order chi connectivity index (χ1) is 17.7. The van der Waals surface area contributed by atoms with E-state index in [4.69, 9.17) is 0 Å². The van der Waals surface area contributed by atoms with Crippen molar-refractivity contribution < 1.29 is 9.90 Å². The highest BCUT2D eigenvalue weighted by atomic mass is 16.4. The van der Waals surface area contributed by atoms with E-state index in [1.807, 2.05) is 12.1 Å². The molecule has 0 radical (unpaired) electrons. The van der Waals surface area contributed by atoms with E-state index in [9.17, 15) is 9.90 Å². The Labute approximate surface area is 222 Å². The summed E-state index contributed by atoms with van der Waals surface area (Å²) in [6.07, 6.45) is 4.76. The van der Waals surface area contributed by atoms with Crippen LogP contribution in [-0.2, 0) is 11.8 Å². The number of carbonyl (C=O) groups is 1. The molecule has 2 N–H and O–H groups in total. The number of rotatable bonds is 11. The van der Waals surface area contributed by atoms with Crippen LogP contribution in [0.3, 0.4) is 0 Å². The molecule has 0 spiro atoms. The summed E-state index contributed by atoms with van der Waals surface area (Å²) in [4.78, 5) is 13.8. The van der Waals surface area contributed by atoms with Crippen molar-refractivity contribution in [3.05, 3.63) is 77.4 Å². The van der Waals surface area contributed by atoms with Crippen molar-refractivity contribution in [2.24, 2.45) is 0 Å². The maximum Gasteiger partial charge on any atom is 0.335 e. The fourth-order valence-corrected chi connectivity index (χ4v) is 5.06. The van der Waals surface area contributed by atoms with Gasteiger partial charge in [-0.1, -0.05) is 51.1 Å². The highest BCUT2D eigenvalue weighted by molar-refractivity contribution is 5.88. The summed E-state index contributed by atoms with van der Waals surface area (Å²) in [5.41, 5.74) is 9.03. The van der Waals surface area contributed by atoms with Gasteiger partial charge in [-0.25, -0.2) is 4.79 Å². The van der Waals surface area contributed by atoms with Crippen LogP contribution in [0, 0.1) is 0 Å². The van der Waals surface area contributed by atoms with Gasteiger partial charge in [-0.15, -0.1) is 0 Å². The standard InChI is InChI=1S/C33H42N2O2/c1-6-35(7-2)31-19-16-27(22-30(31)33(3,4)5)29-21-26(23-10-13-25(14-11-23)32(36)37)15-12-24(29)9-8-20-34-28-17-18-28/h10-16,19,21-22,28,34H,6-9,17-18,20H2,1-5H3,(H,36,37). The van der Waals surface area contributed by atoms with E-state index >= 15 is 0 Å². The number of aryl methyl sites for hydroxylation is 1. The second-order valence-electron chi connectivity index (χ2n) is 11.2. The Balaban J connectivity index is 1.75. The molecule has 0 aromatic heterocycles. The number of nitrogens with one attached hydrogen (secondary N) is 1. The summed E-state index contributed by atoms with van der Waals surface area (Å²) in [6.45, 7) is 14.3. The van der Waals surface area contributed by atoms with Crippen molar-refractivity contribution in [2.45, 2.75) is 71.8 Å². The van der Waals surface area contributed by atoms with Gasteiger partial charge in [-0.3, -0.25) is 0 Å². The molecule has 4 rings (SSSR count). The number of benzene rings is 3. The van der Waals surface area contributed by atoms with Gasteiger partial charge in [0, 0.05) is 24.8 Å². The zero-order chi connectivity index (χ0) is 26.6. The fraction of sp³-hybridized carbons (Fsp3) is 0.424. The zero-order valence-electron chi connectivity index (χ0n) is 23.1. The number of aromatic carboxylic acids is 1. The molecule has 4 heteroatoms. The average Bonchev–Trinajstić information content (AvgIpc) is 3.71. The molecule has 1 aliphatic rings. The molecule has 3 aromatic rings. The lowest BCUT2D eigenvalue weighted by Gasteiger charge is -2.31. The number of anilines is 1. The number of hydrogen-bond acceptors (Lipinski definition) is 3. The van der Waals surface area contributed by atoms with Crippen LogP contribution in [0.5, 0.6) is 0 Å². The lowest BCUT2D eigenvalue weighted by atomic mass is 9.82. The lowest BCUT2D eigenvalue weighted by molar-refractivity contribution is 0.0697. The van der Waals surface area contributed by atoms with Gasteiger partial charge in [0.2, 0.25) is 0 Å². The molecule has 0 heterocycles. The van der Waals surface area contributed by atoms with E-state index in [0.717, 1.165) is 49.6 Å². The summed E-state index contributed by atoms with van der Waals surface area (Å²) in [6, 6.07) is 21.6. The molecule has 0 unspecified atom stereocenters. The van der Waals surface area contributed by atoms with Crippen LogP contribution >= 0.6 is 0 Å². The van der Waals surface area contributed by atoms with Crippen LogP contribution < -0.4 is 10.2 Å². The molecule has 0 amide bonds. The first kappa shape index (κ1) is 26.9. The average molecular weight is 499 g/mol. The van der Waals surface area contributed by atoms with Gasteiger partial charge in [0.15, 0.2) is 0 Å². The minimum absolute atomic E-state index is 0.0204. The third kappa shape index (κ3) is 6.61. The summed E-state index contributed by atoms with van der Waals surface area (Å²) in [5, 5.41) is 12.9. The lowest BCUT2D eigenvalue weighted by Crippen LogP contribution is -2.26. The second kappa shape index (κ2) is 11.5. The Morgan fingerprint density at radius 3 is 2.16 bits per heavy atom. The molecular formula is C33H42N2O2. The molecule has 1 saturated carbocycles. The Morgan fingerprint density at radius 1 is 0.919 bits per heavy atom. The highest BCUT2D eigenvalue weighted by Gasteiger charge is 2.22. The molecule has 1 aliphatic carbocycles. The smallest absolute Gasteiger partial charge is 0.335 e. The van der Waals surface area contributed by atoms with Gasteiger partial charge < -0.3 is 15.3 Å². The minimum Gasteiger partial charge on any atom is -0.478 e. The summed E-state index contributed by atoms with van der Waals surface area (Å²) >= 11 is 0. The molecule has 0 bridgehead atoms. The minimum atomic E-state index is -0.898. The predicted octanol–water partition coefficient (Wildman–Crippen LogP) is 7.55. The first-order valence-corrected chi connectivity index (χ1v) is 13.8. The van der Waals surface area contributed by atoms with Crippen molar-refractivity contribution >= 4 is 11.7 Å². The number of carboxylic acids is 1. The third-order valence-electron chi connectivity index (χ3n) is 7.43. The van der Waals surface area contributed by atoms with Crippen molar-refractivity contribution in [3.8, 4) is 22.3 Å². The van der Waals surface area contributed by atoms with E-state index < -0.39 is 5.97 Å². The van der Waals surface area contributed by atoms with Gasteiger partial charge in [0.05, 0.1) is 5.56 Å². The Kier molecular flexibility index (Phi) is 8.39. The molecule has 4 nitrogen and oxygen atoms in total. The SMILES string of the molecule is CCN(CC)c1ccc(-c2cc(-c3ccc(C(=O)O)cc3)ccc2CCCNC2CC2)cc1C(C)(C)C. The topological polar surface area (TPSA) is 52.6 Å². The Hall–Kier alpha value is -3.11. The zero-order valence-corrected chi connectivity index (χ0v) is 23.1. The Morgan fingerprint density at radius 2 is 1.57 bits per heavy atom. The maximum atomic E-state index is 11.3. The molecule has 0 atom stereocenters. The predicted molar refractivity (Wildman–Crippen MR) is 156 cm³/mol. The van der Waals surface area contributed by atoms with Gasteiger partial charge >= 0.3 is 5.97 Å². The fourth-order valence-electron chi connectivity index (χ4n) is 5.06. The van der Waals surface area contributed by atoms with Crippen molar-refractivity contribution in [3.63, 3.8) is 0 Å². The van der Waals surface area contributed by atoms with Gasteiger partial charge in [0.1, 0.15) is 0 Å².